The van der Waals surface area contributed by atoms with Crippen LogP contribution in [0.25, 0.3) is 22.3 Å². The summed E-state index contributed by atoms with van der Waals surface area (Å²) in [6.07, 6.45) is -4.65. The molecule has 1 saturated heterocycles. The van der Waals surface area contributed by atoms with E-state index in [-0.39, 0.29) is 46.6 Å². The van der Waals surface area contributed by atoms with Crippen molar-refractivity contribution < 1.29 is 53.1 Å². The summed E-state index contributed by atoms with van der Waals surface area (Å²) < 4.78 is 28.2. The lowest BCUT2D eigenvalue weighted by molar-refractivity contribution is -0.225. The number of benzene rings is 2. The minimum absolute atomic E-state index is 0.00551. The van der Waals surface area contributed by atoms with Gasteiger partial charge in [0.2, 0.25) is 23.1 Å². The smallest absolute Gasteiger partial charge is 0.306 e. The molecule has 12 heteroatoms. The van der Waals surface area contributed by atoms with Gasteiger partial charge in [-0.3, -0.25) is 19.2 Å². The number of ketones is 1. The molecule has 1 fully saturated rings. The summed E-state index contributed by atoms with van der Waals surface area (Å²) in [5.41, 5.74) is -0.832. The molecule has 41 heavy (non-hydrogen) atoms. The second-order valence-corrected chi connectivity index (χ2v) is 9.53. The zero-order chi connectivity index (χ0) is 29.8. The molecule has 1 unspecified atom stereocenters. The third-order valence-corrected chi connectivity index (χ3v) is 6.32. The molecule has 3 aromatic rings. The molecule has 218 valence electrons. The zero-order valence-electron chi connectivity index (χ0n) is 22.6. The van der Waals surface area contributed by atoms with E-state index in [1.54, 1.807) is 13.8 Å². The molecule has 1 aromatic heterocycles. The highest BCUT2D eigenvalue weighted by atomic mass is 16.7. The lowest BCUT2D eigenvalue weighted by Crippen LogP contribution is -2.58. The molecule has 4 rings (SSSR count). The molecule has 0 radical (unpaired) electrons. The van der Waals surface area contributed by atoms with E-state index < -0.39 is 59.3 Å². The van der Waals surface area contributed by atoms with Crippen LogP contribution in [0.3, 0.4) is 0 Å². The van der Waals surface area contributed by atoms with Crippen LogP contribution in [0.1, 0.15) is 46.5 Å². The lowest BCUT2D eigenvalue weighted by Gasteiger charge is -2.37. The van der Waals surface area contributed by atoms with E-state index in [1.807, 2.05) is 0 Å². The fourth-order valence-electron chi connectivity index (χ4n) is 4.35. The maximum atomic E-state index is 13.6. The van der Waals surface area contributed by atoms with Gasteiger partial charge in [-0.15, -0.1) is 0 Å². The van der Waals surface area contributed by atoms with Crippen LogP contribution >= 0.6 is 0 Å². The minimum atomic E-state index is -1.80. The molecular weight excluding hydrogens is 540 g/mol. The zero-order valence-corrected chi connectivity index (χ0v) is 22.6. The summed E-state index contributed by atoms with van der Waals surface area (Å²) in [5.74, 6) is -4.02. The molecule has 12 nitrogen and oxygen atoms in total. The van der Waals surface area contributed by atoms with Crippen LogP contribution in [-0.4, -0.2) is 57.6 Å². The Hall–Kier alpha value is -4.58. The third-order valence-electron chi connectivity index (χ3n) is 6.32. The number of ether oxygens (including phenoxy) is 4. The average molecular weight is 571 g/mol. The van der Waals surface area contributed by atoms with Crippen molar-refractivity contribution in [1.29, 1.82) is 0 Å². The fraction of sp³-hybridized carbons (Fsp3) is 0.379. The first-order valence-electron chi connectivity index (χ1n) is 13.1. The van der Waals surface area contributed by atoms with Gasteiger partial charge in [0.25, 0.3) is 6.29 Å². The van der Waals surface area contributed by atoms with Crippen LogP contribution in [0.4, 0.5) is 0 Å². The van der Waals surface area contributed by atoms with Gasteiger partial charge in [-0.2, -0.15) is 0 Å². The molecule has 3 N–H and O–H groups in total. The second-order valence-electron chi connectivity index (χ2n) is 9.53. The Morgan fingerprint density at radius 1 is 0.902 bits per heavy atom. The predicted octanol–water partition coefficient (Wildman–Crippen LogP) is 3.69. The first-order valence-corrected chi connectivity index (χ1v) is 13.1. The van der Waals surface area contributed by atoms with E-state index in [2.05, 4.69) is 0 Å². The molecule has 1 aliphatic rings. The van der Waals surface area contributed by atoms with Crippen molar-refractivity contribution >= 4 is 28.7 Å². The van der Waals surface area contributed by atoms with E-state index in [0.29, 0.717) is 12.8 Å². The quantitative estimate of drug-likeness (QED) is 0.318. The number of esters is 2. The molecular formula is C29H30O12. The van der Waals surface area contributed by atoms with E-state index in [4.69, 9.17) is 23.4 Å². The number of carbonyl (C=O) groups is 3. The number of rotatable bonds is 9. The van der Waals surface area contributed by atoms with Crippen LogP contribution in [0.2, 0.25) is 0 Å². The van der Waals surface area contributed by atoms with Gasteiger partial charge in [-0.1, -0.05) is 13.8 Å². The highest BCUT2D eigenvalue weighted by Gasteiger charge is 2.49. The standard InChI is InChI=1S/C29H30O12/c1-4-6-20(33)39-25-14(3)37-29(24(36)28(25)40-21(34)7-5-2)41-27-23(35)22-18(32)12-17(31)13-19(22)38-26(27)15-8-10-16(30)11-9-15/h8-14,25,28-32H,4-7H2,1-3H3/t14-,25-,28-,29?/m0/s1. The molecule has 0 amide bonds. The summed E-state index contributed by atoms with van der Waals surface area (Å²) in [4.78, 5) is 51.8. The molecule has 0 spiro atoms. The van der Waals surface area contributed by atoms with E-state index >= 15 is 0 Å². The van der Waals surface area contributed by atoms with E-state index in [1.165, 1.54) is 31.2 Å². The number of hydrogen-bond donors (Lipinski definition) is 3. The van der Waals surface area contributed by atoms with Gasteiger partial charge in [0.05, 0.1) is 0 Å². The summed E-state index contributed by atoms with van der Waals surface area (Å²) in [7, 11) is 0. The van der Waals surface area contributed by atoms with Crippen molar-refractivity contribution in [3.05, 3.63) is 46.6 Å². The number of fused-ring (bicyclic) bond motifs is 1. The van der Waals surface area contributed by atoms with E-state index in [9.17, 15) is 34.5 Å². The Balaban J connectivity index is 1.79. The lowest BCUT2D eigenvalue weighted by atomic mass is 10.00. The largest absolute Gasteiger partial charge is 0.508 e. The monoisotopic (exact) mass is 570 g/mol. The summed E-state index contributed by atoms with van der Waals surface area (Å²) in [6.45, 7) is 5.01. The number of phenolic OH excluding ortho intramolecular Hbond substituents is 3. The van der Waals surface area contributed by atoms with Gasteiger partial charge < -0.3 is 38.7 Å². The topological polar surface area (TPSA) is 179 Å². The Bertz CT molecular complexity index is 1510. The van der Waals surface area contributed by atoms with Crippen LogP contribution in [0.5, 0.6) is 23.0 Å². The minimum Gasteiger partial charge on any atom is -0.508 e. The summed E-state index contributed by atoms with van der Waals surface area (Å²) in [6, 6.07) is 7.54. The van der Waals surface area contributed by atoms with Crippen LogP contribution in [-0.2, 0) is 28.6 Å². The molecule has 4 atom stereocenters. The third kappa shape index (κ3) is 6.27. The van der Waals surface area contributed by atoms with E-state index in [0.717, 1.165) is 12.1 Å². The van der Waals surface area contributed by atoms with Gasteiger partial charge in [-0.05, 0) is 44.0 Å². The number of phenols is 3. The van der Waals surface area contributed by atoms with Gasteiger partial charge >= 0.3 is 11.9 Å². The fourth-order valence-corrected chi connectivity index (χ4v) is 4.35. The maximum absolute atomic E-state index is 13.6. The Kier molecular flexibility index (Phi) is 8.82. The number of hydrogen-bond acceptors (Lipinski definition) is 12. The maximum Gasteiger partial charge on any atom is 0.306 e. The van der Waals surface area contributed by atoms with Crippen molar-refractivity contribution in [3.63, 3.8) is 0 Å². The highest BCUT2D eigenvalue weighted by molar-refractivity contribution is 5.91. The SMILES string of the molecule is CCCC(=O)O[C@H]1[C@H](C)OC(Oc2c(-c3ccc(O)cc3)oc3cc(O)cc(O)c3c2=O)C(=O)[C@@H]1OC(=O)CCC. The van der Waals surface area contributed by atoms with Gasteiger partial charge in [0.15, 0.2) is 11.9 Å². The Morgan fingerprint density at radius 3 is 2.17 bits per heavy atom. The average Bonchev–Trinajstić information content (AvgIpc) is 2.90. The molecule has 1 aliphatic heterocycles. The van der Waals surface area contributed by atoms with Crippen LogP contribution in [0, 0.1) is 0 Å². The first-order chi connectivity index (χ1) is 19.5. The first kappa shape index (κ1) is 29.4. The van der Waals surface area contributed by atoms with Crippen LogP contribution < -0.4 is 10.2 Å². The Labute approximate surface area is 234 Å². The van der Waals surface area contributed by atoms with Crippen molar-refractivity contribution in [1.82, 2.24) is 0 Å². The summed E-state index contributed by atoms with van der Waals surface area (Å²) >= 11 is 0. The van der Waals surface area contributed by atoms with Crippen molar-refractivity contribution in [2.75, 3.05) is 0 Å². The van der Waals surface area contributed by atoms with Crippen molar-refractivity contribution in [2.45, 2.75) is 71.1 Å². The number of aromatic hydroxyl groups is 3. The van der Waals surface area contributed by atoms with Gasteiger partial charge in [-0.25, -0.2) is 0 Å². The van der Waals surface area contributed by atoms with Crippen LogP contribution in [0.15, 0.2) is 45.6 Å². The van der Waals surface area contributed by atoms with Gasteiger partial charge in [0, 0.05) is 30.5 Å². The number of carbonyl (C=O) groups excluding carboxylic acids is 3. The van der Waals surface area contributed by atoms with Crippen molar-refractivity contribution in [3.8, 4) is 34.3 Å². The normalized spacial score (nSPS) is 20.5. The number of Topliss-reactive ketones (excluding diaryl/α,β-unsaturated/α-hetero) is 1. The molecule has 0 bridgehead atoms. The van der Waals surface area contributed by atoms with Crippen molar-refractivity contribution in [2.24, 2.45) is 0 Å². The summed E-state index contributed by atoms with van der Waals surface area (Å²) in [5, 5.41) is 29.7. The predicted molar refractivity (Wildman–Crippen MR) is 142 cm³/mol. The second kappa shape index (κ2) is 12.3. The highest BCUT2D eigenvalue weighted by Crippen LogP contribution is 2.37. The molecule has 0 aliphatic carbocycles. The Morgan fingerprint density at radius 2 is 1.54 bits per heavy atom. The molecule has 2 heterocycles. The molecule has 0 saturated carbocycles. The molecule has 2 aromatic carbocycles. The van der Waals surface area contributed by atoms with Gasteiger partial charge in [0.1, 0.15) is 34.3 Å².